The fraction of sp³-hybridized carbons (Fsp3) is 0. The standard InChI is InChI=1S/C46H28O.2C42H28/c1-2-10-29(11-3-1)34-20-22-39-42(26-34)46(35-19-18-30-12-4-5-13-31(30)24-35)38-17-9-8-16-37(38)45(39)36-21-23-43-40(27-36)41-25-32-14-6-7-15-33(32)28-44(41)47-43;1-3-11-29(12-4-1)36-25-26-39-40(28-36)42(32-14-5-2-6-15-32)38-18-10-9-17-37(38)41(39)33-22-19-31(20-23-33)35-24-21-30-13-7-8-16-34(30)27-35;1-3-11-29(12-4-1)36-25-26-39-40(28-36)42(38-18-10-9-17-37(38)41(39)32-14-5-2-6-15-32)33-22-19-31(20-23-33)35-24-21-30-13-7-8-16-34(30)27-35/h1-28H;2*1-28H/i;2*9D,10D,17D,18D,25D,26D,28D. The summed E-state index contributed by atoms with van der Waals surface area (Å²) < 4.78 is 135. The summed E-state index contributed by atoms with van der Waals surface area (Å²) in [5, 5.41) is 19.1. The summed E-state index contributed by atoms with van der Waals surface area (Å²) in [6.45, 7) is 0. The molecule has 0 amide bonds. The molecule has 26 aromatic rings. The number of furan rings is 1. The van der Waals surface area contributed by atoms with Gasteiger partial charge in [-0.3, -0.25) is 0 Å². The lowest BCUT2D eigenvalue weighted by molar-refractivity contribution is 0.669. The van der Waals surface area contributed by atoms with Crippen LogP contribution in [0.2, 0.25) is 0 Å². The molecule has 131 heavy (non-hydrogen) atoms. The van der Waals surface area contributed by atoms with Gasteiger partial charge in [0.1, 0.15) is 11.2 Å². The predicted molar refractivity (Wildman–Crippen MR) is 561 cm³/mol. The quantitative estimate of drug-likeness (QED) is 0.118. The summed E-state index contributed by atoms with van der Waals surface area (Å²) in [6, 6.07) is 140. The van der Waals surface area contributed by atoms with E-state index in [0.717, 1.165) is 65.7 Å². The van der Waals surface area contributed by atoms with Crippen LogP contribution < -0.4 is 0 Å². The molecule has 1 heteroatoms. The van der Waals surface area contributed by atoms with Crippen molar-refractivity contribution < 1.29 is 23.6 Å². The predicted octanol–water partition coefficient (Wildman–Crippen LogP) is 36.8. The largest absolute Gasteiger partial charge is 0.456 e. The van der Waals surface area contributed by atoms with E-state index in [1.54, 1.807) is 0 Å². The maximum absolute atomic E-state index is 9.72. The fourth-order valence-electron chi connectivity index (χ4n) is 19.3. The third kappa shape index (κ3) is 14.4. The number of benzene rings is 25. The molecule has 1 heterocycles. The number of rotatable bonds is 11. The summed E-state index contributed by atoms with van der Waals surface area (Å²) in [4.78, 5) is 0. The van der Waals surface area contributed by atoms with Gasteiger partial charge in [-0.05, 0) is 291 Å². The van der Waals surface area contributed by atoms with E-state index in [4.69, 9.17) is 9.90 Å². The monoisotopic (exact) mass is 1670 g/mol. The van der Waals surface area contributed by atoms with Gasteiger partial charge >= 0.3 is 0 Å². The molecule has 0 aliphatic rings. The van der Waals surface area contributed by atoms with E-state index in [2.05, 4.69) is 231 Å². The average Bonchev–Trinajstić information content (AvgIpc) is 1.48. The van der Waals surface area contributed by atoms with E-state index in [0.29, 0.717) is 88.3 Å². The van der Waals surface area contributed by atoms with E-state index < -0.39 is 0 Å². The second-order valence-electron chi connectivity index (χ2n) is 33.2. The Morgan fingerprint density at radius 1 is 0.130 bits per heavy atom. The van der Waals surface area contributed by atoms with Crippen LogP contribution in [0, 0.1) is 0 Å². The van der Waals surface area contributed by atoms with Gasteiger partial charge in [-0.1, -0.05) is 449 Å². The summed E-state index contributed by atoms with van der Waals surface area (Å²) in [7, 11) is 0. The average molecular weight is 1680 g/mol. The fourth-order valence-corrected chi connectivity index (χ4v) is 19.3. The van der Waals surface area contributed by atoms with Crippen LogP contribution in [-0.2, 0) is 0 Å². The van der Waals surface area contributed by atoms with Crippen LogP contribution in [0.15, 0.2) is 514 Å². The SMILES string of the molecule is [2H]c1c([2H])c([2H])c2c(-c3ccc(-c4ccc5ccccc5c4)cc3)c3c([2H])c(-c4ccccc4)c([2H])c([2H])c3c(-c3ccccc3)c2c1[2H].[2H]c1c([2H])c([2H])c2c(-c3ccccc3)c3c([2H])c(-c4ccccc4)c([2H])c([2H])c3c(-c3ccc(-c4ccc5ccccc5c4)cc3)c2c1[2H].c1ccc(-c2ccc3c(-c4ccc5oc6cc7ccccc7cc6c5c4)c4ccccc4c(-c4ccc5ccccc5c4)c3c2)cc1. The molecule has 1 nitrogen and oxygen atoms in total. The van der Waals surface area contributed by atoms with Gasteiger partial charge in [0.25, 0.3) is 0 Å². The minimum atomic E-state index is -0.380. The minimum Gasteiger partial charge on any atom is -0.456 e. The highest BCUT2D eigenvalue weighted by atomic mass is 16.3. The zero-order chi connectivity index (χ0) is 98.8. The van der Waals surface area contributed by atoms with Gasteiger partial charge in [0.15, 0.2) is 0 Å². The summed E-state index contributed by atoms with van der Waals surface area (Å²) >= 11 is 0. The molecule has 0 fully saturated rings. The van der Waals surface area contributed by atoms with Crippen molar-refractivity contribution in [2.45, 2.75) is 0 Å². The first-order chi connectivity index (χ1) is 70.8. The van der Waals surface area contributed by atoms with Crippen molar-refractivity contribution in [3.05, 3.63) is 509 Å². The van der Waals surface area contributed by atoms with Crippen LogP contribution in [0.3, 0.4) is 0 Å². The van der Waals surface area contributed by atoms with Crippen molar-refractivity contribution in [2.75, 3.05) is 0 Å². The maximum Gasteiger partial charge on any atom is 0.136 e. The van der Waals surface area contributed by atoms with Crippen molar-refractivity contribution in [3.63, 3.8) is 0 Å². The van der Waals surface area contributed by atoms with Crippen LogP contribution in [0.4, 0.5) is 0 Å². The van der Waals surface area contributed by atoms with E-state index in [1.165, 1.54) is 76.5 Å². The van der Waals surface area contributed by atoms with Crippen LogP contribution in [0.5, 0.6) is 0 Å². The molecular formula is C130H84O. The molecule has 26 rings (SSSR count). The smallest absolute Gasteiger partial charge is 0.136 e. The lowest BCUT2D eigenvalue weighted by Crippen LogP contribution is -1.92. The van der Waals surface area contributed by atoms with Crippen LogP contribution in [0.1, 0.15) is 19.2 Å². The summed E-state index contributed by atoms with van der Waals surface area (Å²) in [6.07, 6.45) is 0. The Morgan fingerprint density at radius 3 is 0.832 bits per heavy atom. The summed E-state index contributed by atoms with van der Waals surface area (Å²) in [5.74, 6) is 0. The second kappa shape index (κ2) is 33.3. The van der Waals surface area contributed by atoms with Gasteiger partial charge < -0.3 is 4.42 Å². The Balaban J connectivity index is 0.000000117. The zero-order valence-corrected chi connectivity index (χ0v) is 70.8. The van der Waals surface area contributed by atoms with E-state index in [1.807, 2.05) is 194 Å². The molecule has 610 valence electrons. The molecule has 0 saturated carbocycles. The minimum absolute atomic E-state index is 0.0299. The number of fused-ring (bicyclic) bond motifs is 13. The molecule has 0 bridgehead atoms. The molecule has 0 atom stereocenters. The van der Waals surface area contributed by atoms with Gasteiger partial charge in [-0.15, -0.1) is 0 Å². The first-order valence-corrected chi connectivity index (χ1v) is 44.1. The number of hydrogen-bond acceptors (Lipinski definition) is 1. The topological polar surface area (TPSA) is 13.1 Å². The molecular weight excluding hydrogens is 1580 g/mol. The molecule has 0 N–H and O–H groups in total. The molecule has 0 spiro atoms. The van der Waals surface area contributed by atoms with Crippen molar-refractivity contribution in [1.82, 2.24) is 0 Å². The Labute approximate surface area is 780 Å². The molecule has 1 aromatic heterocycles. The van der Waals surface area contributed by atoms with Crippen molar-refractivity contribution >= 4 is 130 Å². The van der Waals surface area contributed by atoms with Crippen molar-refractivity contribution in [2.24, 2.45) is 0 Å². The highest BCUT2D eigenvalue weighted by Gasteiger charge is 2.24. The zero-order valence-electron chi connectivity index (χ0n) is 84.8. The maximum atomic E-state index is 9.72. The van der Waals surface area contributed by atoms with Crippen LogP contribution in [-0.4, -0.2) is 0 Å². The first-order valence-electron chi connectivity index (χ1n) is 51.1. The normalized spacial score (nSPS) is 13.0. The third-order valence-corrected chi connectivity index (χ3v) is 25.6. The molecule has 0 unspecified atom stereocenters. The number of hydrogen-bond donors (Lipinski definition) is 0. The van der Waals surface area contributed by atoms with E-state index in [-0.39, 0.29) is 106 Å². The van der Waals surface area contributed by atoms with E-state index in [9.17, 15) is 13.7 Å². The Hall–Kier alpha value is -17.1. The lowest BCUT2D eigenvalue weighted by Gasteiger charge is -2.19. The Bertz CT molecular complexity index is 9830. The molecule has 0 aliphatic carbocycles. The van der Waals surface area contributed by atoms with Crippen LogP contribution in [0.25, 0.3) is 252 Å². The van der Waals surface area contributed by atoms with Gasteiger partial charge in [0.2, 0.25) is 0 Å². The Morgan fingerprint density at radius 2 is 0.389 bits per heavy atom. The second-order valence-corrected chi connectivity index (χ2v) is 33.2. The van der Waals surface area contributed by atoms with Crippen molar-refractivity contribution in [3.8, 4) is 122 Å². The van der Waals surface area contributed by atoms with Gasteiger partial charge in [-0.25, -0.2) is 0 Å². The van der Waals surface area contributed by atoms with Crippen LogP contribution >= 0.6 is 0 Å². The molecule has 0 radical (unpaired) electrons. The highest BCUT2D eigenvalue weighted by Crippen LogP contribution is 2.51. The molecule has 25 aromatic carbocycles. The summed E-state index contributed by atoms with van der Waals surface area (Å²) in [5.41, 5.74) is 19.3. The first kappa shape index (κ1) is 63.8. The van der Waals surface area contributed by atoms with Gasteiger partial charge in [-0.2, -0.15) is 0 Å². The molecule has 0 saturated heterocycles. The Kier molecular flexibility index (Phi) is 16.2. The van der Waals surface area contributed by atoms with Gasteiger partial charge in [0, 0.05) is 10.8 Å². The third-order valence-electron chi connectivity index (χ3n) is 25.6. The van der Waals surface area contributed by atoms with E-state index >= 15 is 0 Å². The molecule has 0 aliphatic heterocycles. The highest BCUT2D eigenvalue weighted by molar-refractivity contribution is 6.26. The van der Waals surface area contributed by atoms with Gasteiger partial charge in [0.05, 0.1) is 19.2 Å². The lowest BCUT2D eigenvalue weighted by atomic mass is 9.84. The van der Waals surface area contributed by atoms with Crippen molar-refractivity contribution in [1.29, 1.82) is 0 Å².